The van der Waals surface area contributed by atoms with Gasteiger partial charge in [0.15, 0.2) is 5.43 Å². The molecule has 1 aliphatic heterocycles. The Balaban J connectivity index is 1.87. The van der Waals surface area contributed by atoms with E-state index < -0.39 is 6.04 Å². The maximum Gasteiger partial charge on any atom is 0.290 e. The number of quaternary nitrogens is 1. The molecule has 2 aromatic heterocycles. The van der Waals surface area contributed by atoms with Crippen LogP contribution in [0.15, 0.2) is 51.8 Å². The molecule has 3 heterocycles. The molecule has 1 amide bonds. The summed E-state index contributed by atoms with van der Waals surface area (Å²) in [6.45, 7) is 1.43. The van der Waals surface area contributed by atoms with Crippen molar-refractivity contribution < 1.29 is 18.8 Å². The van der Waals surface area contributed by atoms with Crippen LogP contribution in [-0.2, 0) is 0 Å². The molecule has 7 nitrogen and oxygen atoms in total. The van der Waals surface area contributed by atoms with Crippen molar-refractivity contribution in [2.45, 2.75) is 12.5 Å². The van der Waals surface area contributed by atoms with Gasteiger partial charge in [-0.2, -0.15) is 0 Å². The second kappa shape index (κ2) is 7.67. The molecule has 0 spiro atoms. The molecule has 7 heteroatoms. The van der Waals surface area contributed by atoms with Crippen LogP contribution >= 0.6 is 0 Å². The smallest absolute Gasteiger partial charge is 0.290 e. The van der Waals surface area contributed by atoms with E-state index in [1.54, 1.807) is 36.4 Å². The third-order valence-corrected chi connectivity index (χ3v) is 5.22. The van der Waals surface area contributed by atoms with E-state index >= 15 is 0 Å². The summed E-state index contributed by atoms with van der Waals surface area (Å²) in [4.78, 5) is 34.0. The van der Waals surface area contributed by atoms with Gasteiger partial charge >= 0.3 is 0 Å². The Hall–Kier alpha value is -3.19. The van der Waals surface area contributed by atoms with Crippen molar-refractivity contribution in [1.82, 2.24) is 9.88 Å². The molecule has 1 aromatic carbocycles. The van der Waals surface area contributed by atoms with Crippen LogP contribution in [0.1, 0.15) is 34.3 Å². The Kier molecular flexibility index (Phi) is 5.07. The summed E-state index contributed by atoms with van der Waals surface area (Å²) < 4.78 is 11.2. The van der Waals surface area contributed by atoms with Gasteiger partial charge in [-0.05, 0) is 24.3 Å². The summed E-state index contributed by atoms with van der Waals surface area (Å²) in [7, 11) is 5.69. The summed E-state index contributed by atoms with van der Waals surface area (Å²) in [5.41, 5.74) is 1.18. The molecule has 0 fully saturated rings. The van der Waals surface area contributed by atoms with E-state index in [0.29, 0.717) is 34.5 Å². The highest BCUT2D eigenvalue weighted by Gasteiger charge is 2.43. The predicted octanol–water partition coefficient (Wildman–Crippen LogP) is 1.28. The number of amides is 1. The van der Waals surface area contributed by atoms with Crippen molar-refractivity contribution in [3.63, 3.8) is 0 Å². The second-order valence-corrected chi connectivity index (χ2v) is 7.50. The molecule has 3 aromatic rings. The third-order valence-electron chi connectivity index (χ3n) is 5.22. The van der Waals surface area contributed by atoms with Crippen molar-refractivity contribution in [3.05, 3.63) is 69.8 Å². The van der Waals surface area contributed by atoms with Gasteiger partial charge in [-0.3, -0.25) is 14.6 Å². The Morgan fingerprint density at radius 3 is 2.72 bits per heavy atom. The Morgan fingerprint density at radius 1 is 1.21 bits per heavy atom. The first kappa shape index (κ1) is 19.1. The summed E-state index contributed by atoms with van der Waals surface area (Å²) in [6.07, 6.45) is 2.49. The zero-order chi connectivity index (χ0) is 20.5. The summed E-state index contributed by atoms with van der Waals surface area (Å²) in [6, 6.07) is 10.0. The van der Waals surface area contributed by atoms with Crippen LogP contribution in [0.4, 0.5) is 0 Å². The average Bonchev–Trinajstić information content (AvgIpc) is 3.00. The lowest BCUT2D eigenvalue weighted by atomic mass is 10.0. The summed E-state index contributed by atoms with van der Waals surface area (Å²) in [5.74, 6) is 0.396. The SMILES string of the molecule is COc1ccc2c(=O)c3c(oc2c1)C(=O)N(CCC[NH+](C)C)[C@@H]3c1ccccn1. The zero-order valence-corrected chi connectivity index (χ0v) is 16.8. The van der Waals surface area contributed by atoms with Crippen molar-refractivity contribution in [1.29, 1.82) is 0 Å². The number of rotatable bonds is 6. The number of nitrogens with one attached hydrogen (secondary N) is 1. The molecule has 0 unspecified atom stereocenters. The van der Waals surface area contributed by atoms with Gasteiger partial charge in [0.25, 0.3) is 5.91 Å². The molecule has 1 atom stereocenters. The largest absolute Gasteiger partial charge is 0.497 e. The van der Waals surface area contributed by atoms with Crippen LogP contribution in [0.5, 0.6) is 5.75 Å². The number of hydrogen-bond donors (Lipinski definition) is 1. The highest BCUT2D eigenvalue weighted by molar-refractivity contribution is 5.99. The van der Waals surface area contributed by atoms with Gasteiger partial charge in [0.2, 0.25) is 5.76 Å². The molecule has 150 valence electrons. The standard InChI is InChI=1S/C22H23N3O4/c1-24(2)11-6-12-25-19(16-7-4-5-10-23-16)18-20(26)15-9-8-14(28-3)13-17(15)29-21(18)22(25)27/h4-5,7-10,13,19H,6,11-12H2,1-3H3/p+1/t19-/m1/s1. The molecule has 0 saturated heterocycles. The maximum absolute atomic E-state index is 13.4. The minimum absolute atomic E-state index is 0.101. The fourth-order valence-corrected chi connectivity index (χ4v) is 3.80. The van der Waals surface area contributed by atoms with Crippen LogP contribution in [-0.4, -0.2) is 50.1 Å². The van der Waals surface area contributed by atoms with Gasteiger partial charge in [0.1, 0.15) is 17.4 Å². The molecule has 0 radical (unpaired) electrons. The number of fused-ring (bicyclic) bond motifs is 2. The minimum atomic E-state index is -0.543. The highest BCUT2D eigenvalue weighted by Crippen LogP contribution is 2.37. The van der Waals surface area contributed by atoms with E-state index in [4.69, 9.17) is 9.15 Å². The number of benzene rings is 1. The number of ether oxygens (including phenoxy) is 1. The molecular formula is C22H24N3O4+. The number of methoxy groups -OCH3 is 1. The van der Waals surface area contributed by atoms with Crippen LogP contribution in [0.25, 0.3) is 11.0 Å². The van der Waals surface area contributed by atoms with E-state index in [1.165, 1.54) is 4.90 Å². The number of pyridine rings is 1. The lowest BCUT2D eigenvalue weighted by Crippen LogP contribution is -3.05. The lowest BCUT2D eigenvalue weighted by molar-refractivity contribution is -0.858. The molecule has 0 bridgehead atoms. The first-order valence-corrected chi connectivity index (χ1v) is 9.67. The molecule has 0 saturated carbocycles. The summed E-state index contributed by atoms with van der Waals surface area (Å²) >= 11 is 0. The lowest BCUT2D eigenvalue weighted by Gasteiger charge is -2.24. The maximum atomic E-state index is 13.4. The van der Waals surface area contributed by atoms with Crippen LogP contribution in [0.2, 0.25) is 0 Å². The van der Waals surface area contributed by atoms with E-state index in [9.17, 15) is 9.59 Å². The molecule has 1 N–H and O–H groups in total. The topological polar surface area (TPSA) is 77.1 Å². The first-order valence-electron chi connectivity index (χ1n) is 9.67. The first-order chi connectivity index (χ1) is 14.0. The minimum Gasteiger partial charge on any atom is -0.497 e. The number of hydrogen-bond acceptors (Lipinski definition) is 5. The van der Waals surface area contributed by atoms with E-state index in [-0.39, 0.29) is 17.1 Å². The van der Waals surface area contributed by atoms with Crippen LogP contribution in [0.3, 0.4) is 0 Å². The number of aromatic nitrogens is 1. The number of carbonyl (C=O) groups excluding carboxylic acids is 1. The Bertz CT molecular complexity index is 1110. The number of nitrogens with zero attached hydrogens (tertiary/aromatic N) is 2. The molecule has 0 aliphatic carbocycles. The third kappa shape index (κ3) is 3.38. The van der Waals surface area contributed by atoms with E-state index in [0.717, 1.165) is 13.0 Å². The van der Waals surface area contributed by atoms with Crippen molar-refractivity contribution in [2.24, 2.45) is 0 Å². The van der Waals surface area contributed by atoms with Gasteiger partial charge in [-0.25, -0.2) is 0 Å². The van der Waals surface area contributed by atoms with Crippen molar-refractivity contribution in [2.75, 3.05) is 34.3 Å². The molecule has 4 rings (SSSR count). The van der Waals surface area contributed by atoms with Crippen molar-refractivity contribution in [3.8, 4) is 5.75 Å². The normalized spacial score (nSPS) is 15.9. The van der Waals surface area contributed by atoms with Gasteiger partial charge in [-0.1, -0.05) is 6.07 Å². The zero-order valence-electron chi connectivity index (χ0n) is 16.8. The van der Waals surface area contributed by atoms with Crippen LogP contribution in [0, 0.1) is 0 Å². The summed E-state index contributed by atoms with van der Waals surface area (Å²) in [5, 5.41) is 0.429. The Labute approximate surface area is 168 Å². The fourth-order valence-electron chi connectivity index (χ4n) is 3.80. The average molecular weight is 394 g/mol. The quantitative estimate of drug-likeness (QED) is 0.682. The molecule has 1 aliphatic rings. The van der Waals surface area contributed by atoms with Crippen molar-refractivity contribution >= 4 is 16.9 Å². The van der Waals surface area contributed by atoms with E-state index in [2.05, 4.69) is 19.1 Å². The van der Waals surface area contributed by atoms with Gasteiger partial charge in [0, 0.05) is 25.2 Å². The predicted molar refractivity (Wildman–Crippen MR) is 108 cm³/mol. The van der Waals surface area contributed by atoms with Gasteiger partial charge < -0.3 is 19.0 Å². The van der Waals surface area contributed by atoms with E-state index in [1.807, 2.05) is 18.2 Å². The number of carbonyl (C=O) groups is 1. The Morgan fingerprint density at radius 2 is 2.03 bits per heavy atom. The molecular weight excluding hydrogens is 370 g/mol. The second-order valence-electron chi connectivity index (χ2n) is 7.50. The van der Waals surface area contributed by atoms with Gasteiger partial charge in [-0.15, -0.1) is 0 Å². The fraction of sp³-hybridized carbons (Fsp3) is 0.318. The van der Waals surface area contributed by atoms with Crippen LogP contribution < -0.4 is 15.1 Å². The monoisotopic (exact) mass is 394 g/mol. The van der Waals surface area contributed by atoms with Gasteiger partial charge in [0.05, 0.1) is 44.4 Å². The molecule has 29 heavy (non-hydrogen) atoms. The highest BCUT2D eigenvalue weighted by atomic mass is 16.5.